The summed E-state index contributed by atoms with van der Waals surface area (Å²) >= 11 is 0. The van der Waals surface area contributed by atoms with E-state index in [2.05, 4.69) is 120 Å². The number of methoxy groups -OCH3 is 2. The Morgan fingerprint density at radius 2 is 1.12 bits per heavy atom. The highest BCUT2D eigenvalue weighted by molar-refractivity contribution is 5.95. The van der Waals surface area contributed by atoms with Gasteiger partial charge >= 0.3 is 0 Å². The zero-order valence-corrected chi connectivity index (χ0v) is 30.2. The first kappa shape index (κ1) is 34.5. The van der Waals surface area contributed by atoms with Crippen LogP contribution in [0.5, 0.6) is 11.5 Å². The molecule has 4 nitrogen and oxygen atoms in total. The fourth-order valence-electron chi connectivity index (χ4n) is 7.95. The molecule has 2 aliphatic heterocycles. The van der Waals surface area contributed by atoms with Crippen LogP contribution in [0.15, 0.2) is 84.9 Å². The van der Waals surface area contributed by atoms with Crippen molar-refractivity contribution < 1.29 is 9.47 Å². The lowest BCUT2D eigenvalue weighted by Crippen LogP contribution is -2.43. The zero-order valence-electron chi connectivity index (χ0n) is 30.2. The highest BCUT2D eigenvalue weighted by Gasteiger charge is 2.52. The van der Waals surface area contributed by atoms with Crippen molar-refractivity contribution in [3.8, 4) is 23.3 Å². The van der Waals surface area contributed by atoms with E-state index in [1.165, 1.54) is 92.5 Å². The smallest absolute Gasteiger partial charge is 0.126 e. The van der Waals surface area contributed by atoms with E-state index in [4.69, 9.17) is 9.47 Å². The predicted molar refractivity (Wildman–Crippen MR) is 206 cm³/mol. The molecule has 0 fully saturated rings. The Hall–Kier alpha value is -4.36. The predicted octanol–water partition coefficient (Wildman–Crippen LogP) is 11.7. The van der Waals surface area contributed by atoms with Crippen LogP contribution >= 0.6 is 0 Å². The van der Waals surface area contributed by atoms with E-state index >= 15 is 0 Å². The molecule has 6 rings (SSSR count). The van der Waals surface area contributed by atoms with Crippen molar-refractivity contribution in [2.75, 3.05) is 37.1 Å². The highest BCUT2D eigenvalue weighted by atomic mass is 16.5. The molecule has 0 aliphatic carbocycles. The zero-order chi connectivity index (χ0) is 34.1. The minimum atomic E-state index is -0.775. The number of hydrogen-bond acceptors (Lipinski definition) is 4. The molecule has 0 saturated carbocycles. The third-order valence-electron chi connectivity index (χ3n) is 10.4. The van der Waals surface area contributed by atoms with Crippen LogP contribution in [0.3, 0.4) is 0 Å². The number of unbranched alkanes of at least 4 members (excludes halogenated alkanes) is 10. The SMILES string of the molecule is CCCCCCCCN1c2ccc(OC)cc2C2(C#Cc3ccccc3)c3c(OC)cccc3N(CCCCCCCC)c3cccc1c32. The monoisotopic (exact) mass is 654 g/mol. The van der Waals surface area contributed by atoms with Gasteiger partial charge in [-0.3, -0.25) is 0 Å². The lowest BCUT2D eigenvalue weighted by Gasteiger charge is -2.50. The minimum absolute atomic E-state index is 0.775. The molecule has 0 saturated heterocycles. The molecule has 2 heterocycles. The van der Waals surface area contributed by atoms with Crippen molar-refractivity contribution in [3.05, 3.63) is 107 Å². The van der Waals surface area contributed by atoms with Crippen molar-refractivity contribution in [1.29, 1.82) is 0 Å². The van der Waals surface area contributed by atoms with Gasteiger partial charge in [-0.05, 0) is 67.4 Å². The van der Waals surface area contributed by atoms with Gasteiger partial charge in [0.05, 0.1) is 19.9 Å². The molecule has 256 valence electrons. The molecule has 49 heavy (non-hydrogen) atoms. The van der Waals surface area contributed by atoms with E-state index in [9.17, 15) is 0 Å². The molecule has 0 spiro atoms. The summed E-state index contributed by atoms with van der Waals surface area (Å²) < 4.78 is 12.2. The van der Waals surface area contributed by atoms with Crippen molar-refractivity contribution >= 4 is 22.7 Å². The van der Waals surface area contributed by atoms with Gasteiger partial charge in [0.15, 0.2) is 0 Å². The van der Waals surface area contributed by atoms with Crippen molar-refractivity contribution in [2.24, 2.45) is 0 Å². The third kappa shape index (κ3) is 6.91. The molecule has 0 aromatic heterocycles. The van der Waals surface area contributed by atoms with Crippen LogP contribution in [-0.4, -0.2) is 27.3 Å². The maximum absolute atomic E-state index is 6.29. The van der Waals surface area contributed by atoms with E-state index < -0.39 is 5.41 Å². The summed E-state index contributed by atoms with van der Waals surface area (Å²) in [6.45, 7) is 6.48. The average Bonchev–Trinajstić information content (AvgIpc) is 3.15. The normalized spacial score (nSPS) is 15.5. The van der Waals surface area contributed by atoms with Crippen LogP contribution in [0.4, 0.5) is 22.7 Å². The number of hydrogen-bond donors (Lipinski definition) is 0. The fraction of sp³-hybridized carbons (Fsp3) is 0.422. The minimum Gasteiger partial charge on any atom is -0.497 e. The summed E-state index contributed by atoms with van der Waals surface area (Å²) in [6.07, 6.45) is 15.1. The standard InChI is InChI=1S/C45H54N2O2/c1-5-7-9-11-13-18-32-46-38-29-28-36(48-3)34-37(38)45(31-30-35-22-16-15-17-23-35)43-39(46)24-20-25-40(43)47(33-19-14-12-10-8-6-2)41-26-21-27-42(49-4)44(41)45/h15-17,20-29,34H,5-14,18-19,32-33H2,1-4H3. The number of rotatable bonds is 16. The summed E-state index contributed by atoms with van der Waals surface area (Å²) in [5.74, 6) is 9.35. The first-order valence-corrected chi connectivity index (χ1v) is 18.8. The summed E-state index contributed by atoms with van der Waals surface area (Å²) in [7, 11) is 3.56. The third-order valence-corrected chi connectivity index (χ3v) is 10.4. The quantitative estimate of drug-likeness (QED) is 0.0886. The molecule has 4 heteroatoms. The van der Waals surface area contributed by atoms with Crippen molar-refractivity contribution in [2.45, 2.75) is 96.3 Å². The molecule has 4 aromatic carbocycles. The molecule has 1 unspecified atom stereocenters. The van der Waals surface area contributed by atoms with Crippen LogP contribution in [0.1, 0.15) is 113 Å². The van der Waals surface area contributed by atoms with Gasteiger partial charge in [0.1, 0.15) is 16.9 Å². The van der Waals surface area contributed by atoms with Gasteiger partial charge in [-0.1, -0.05) is 120 Å². The number of ether oxygens (including phenoxy) is 2. The summed E-state index contributed by atoms with van der Waals surface area (Å²) in [5.41, 5.74) is 8.63. The van der Waals surface area contributed by atoms with Gasteiger partial charge in [0.25, 0.3) is 0 Å². The molecule has 2 aliphatic rings. The number of benzene rings is 4. The van der Waals surface area contributed by atoms with Crippen LogP contribution in [-0.2, 0) is 5.41 Å². The van der Waals surface area contributed by atoms with Gasteiger partial charge in [0, 0.05) is 52.4 Å². The second-order valence-electron chi connectivity index (χ2n) is 13.6. The molecule has 4 aromatic rings. The summed E-state index contributed by atoms with van der Waals surface area (Å²) in [5, 5.41) is 0. The van der Waals surface area contributed by atoms with Gasteiger partial charge in [-0.25, -0.2) is 0 Å². The molecule has 0 radical (unpaired) electrons. The van der Waals surface area contributed by atoms with Gasteiger partial charge in [-0.15, -0.1) is 0 Å². The van der Waals surface area contributed by atoms with Crippen molar-refractivity contribution in [3.63, 3.8) is 0 Å². The number of fused-ring (bicyclic) bond motifs is 4. The Bertz CT molecular complexity index is 1740. The Morgan fingerprint density at radius 1 is 0.551 bits per heavy atom. The molecular weight excluding hydrogens is 601 g/mol. The molecular formula is C45H54N2O2. The Labute approximate surface area is 295 Å². The van der Waals surface area contributed by atoms with E-state index in [1.807, 2.05) is 0 Å². The first-order valence-electron chi connectivity index (χ1n) is 18.8. The average molecular weight is 655 g/mol. The topological polar surface area (TPSA) is 24.9 Å². The van der Waals surface area contributed by atoms with E-state index in [1.54, 1.807) is 14.2 Å². The van der Waals surface area contributed by atoms with E-state index in [-0.39, 0.29) is 0 Å². The second kappa shape index (κ2) is 16.4. The maximum Gasteiger partial charge on any atom is 0.126 e. The fourth-order valence-corrected chi connectivity index (χ4v) is 7.95. The summed E-state index contributed by atoms with van der Waals surface area (Å²) in [4.78, 5) is 5.13. The summed E-state index contributed by atoms with van der Waals surface area (Å²) in [6, 6.07) is 30.4. The molecule has 1 atom stereocenters. The van der Waals surface area contributed by atoms with Gasteiger partial charge < -0.3 is 19.3 Å². The lowest BCUT2D eigenvalue weighted by molar-refractivity contribution is 0.404. The maximum atomic E-state index is 6.29. The Morgan fingerprint density at radius 3 is 1.73 bits per heavy atom. The van der Waals surface area contributed by atoms with Gasteiger partial charge in [-0.2, -0.15) is 0 Å². The molecule has 0 amide bonds. The number of anilines is 4. The van der Waals surface area contributed by atoms with Gasteiger partial charge in [0.2, 0.25) is 0 Å². The second-order valence-corrected chi connectivity index (χ2v) is 13.6. The van der Waals surface area contributed by atoms with Crippen LogP contribution < -0.4 is 19.3 Å². The van der Waals surface area contributed by atoms with Crippen LogP contribution in [0, 0.1) is 11.8 Å². The number of nitrogens with zero attached hydrogens (tertiary/aromatic N) is 2. The Balaban J connectivity index is 1.57. The largest absolute Gasteiger partial charge is 0.497 e. The van der Waals surface area contributed by atoms with E-state index in [0.29, 0.717) is 0 Å². The Kier molecular flexibility index (Phi) is 11.5. The lowest BCUT2D eigenvalue weighted by atomic mass is 9.63. The van der Waals surface area contributed by atoms with Crippen LogP contribution in [0.25, 0.3) is 0 Å². The molecule has 0 N–H and O–H groups in total. The molecule has 0 bridgehead atoms. The van der Waals surface area contributed by atoms with E-state index in [0.717, 1.165) is 54.1 Å². The highest BCUT2D eigenvalue weighted by Crippen LogP contribution is 2.62. The van der Waals surface area contributed by atoms with Crippen molar-refractivity contribution in [1.82, 2.24) is 0 Å². The first-order chi connectivity index (χ1) is 24.2. The van der Waals surface area contributed by atoms with Crippen LogP contribution in [0.2, 0.25) is 0 Å².